The van der Waals surface area contributed by atoms with E-state index in [4.69, 9.17) is 0 Å². The van der Waals surface area contributed by atoms with Gasteiger partial charge in [0.25, 0.3) is 0 Å². The van der Waals surface area contributed by atoms with E-state index < -0.39 is 4.92 Å². The molecule has 4 rings (SSSR count). The third-order valence-corrected chi connectivity index (χ3v) is 4.36. The fourth-order valence-electron chi connectivity index (χ4n) is 3.21. The number of benzene rings is 1. The van der Waals surface area contributed by atoms with Gasteiger partial charge in [0, 0.05) is 6.04 Å². The molecule has 2 aromatic heterocycles. The van der Waals surface area contributed by atoms with Gasteiger partial charge < -0.3 is 5.32 Å². The molecule has 0 bridgehead atoms. The minimum Gasteiger partial charge on any atom is -0.361 e. The highest BCUT2D eigenvalue weighted by molar-refractivity contribution is 5.79. The van der Waals surface area contributed by atoms with Gasteiger partial charge in [-0.3, -0.25) is 14.7 Å². The van der Waals surface area contributed by atoms with E-state index in [-0.39, 0.29) is 23.4 Å². The summed E-state index contributed by atoms with van der Waals surface area (Å²) in [5, 5.41) is 14.9. The Morgan fingerprint density at radius 3 is 2.75 bits per heavy atom. The number of imidazole rings is 1. The van der Waals surface area contributed by atoms with E-state index in [1.165, 1.54) is 6.33 Å². The molecule has 1 N–H and O–H groups in total. The van der Waals surface area contributed by atoms with Crippen LogP contribution in [0.4, 0.5) is 11.5 Å². The van der Waals surface area contributed by atoms with Gasteiger partial charge in [0.05, 0.1) is 16.0 Å². The Hall–Kier alpha value is -3.03. The van der Waals surface area contributed by atoms with Crippen LogP contribution in [0, 0.1) is 10.1 Å². The maximum Gasteiger partial charge on any atom is 0.354 e. The van der Waals surface area contributed by atoms with Gasteiger partial charge >= 0.3 is 5.69 Å². The molecule has 0 spiro atoms. The van der Waals surface area contributed by atoms with Gasteiger partial charge in [0.15, 0.2) is 0 Å². The number of fused-ring (bicyclic) bond motifs is 1. The minimum absolute atomic E-state index is 0.118. The lowest BCUT2D eigenvalue weighted by atomic mass is 10.2. The first-order valence-corrected chi connectivity index (χ1v) is 7.92. The number of nitrogens with zero attached hydrogens (tertiary/aromatic N) is 5. The Balaban J connectivity index is 1.84. The number of nitro groups is 1. The molecule has 8 nitrogen and oxygen atoms in total. The monoisotopic (exact) mass is 324 g/mol. The first-order valence-electron chi connectivity index (χ1n) is 7.92. The van der Waals surface area contributed by atoms with Crippen molar-refractivity contribution in [1.29, 1.82) is 0 Å². The number of aromatic nitrogens is 4. The third kappa shape index (κ3) is 2.45. The van der Waals surface area contributed by atoms with Crippen molar-refractivity contribution in [2.24, 2.45) is 0 Å². The van der Waals surface area contributed by atoms with Crippen molar-refractivity contribution in [2.75, 3.05) is 5.32 Å². The van der Waals surface area contributed by atoms with Crippen LogP contribution < -0.4 is 5.32 Å². The smallest absolute Gasteiger partial charge is 0.354 e. The molecule has 24 heavy (non-hydrogen) atoms. The van der Waals surface area contributed by atoms with E-state index in [9.17, 15) is 10.1 Å². The molecular formula is C16H16N6O2. The van der Waals surface area contributed by atoms with E-state index in [1.54, 1.807) is 10.9 Å². The predicted molar refractivity (Wildman–Crippen MR) is 89.2 cm³/mol. The fraction of sp³-hybridized carbons (Fsp3) is 0.312. The standard InChI is InChI=1S/C16H16N6O2/c23-22(24)14-15(20-11-5-1-2-6-11)17-9-18-16(14)21-10-19-12-7-3-4-8-13(12)21/h3-4,7-11H,1-2,5-6H2,(H,17,18,20). The maximum atomic E-state index is 11.7. The Kier molecular flexibility index (Phi) is 3.56. The predicted octanol–water partition coefficient (Wildman–Crippen LogP) is 3.08. The zero-order valence-electron chi connectivity index (χ0n) is 12.9. The highest BCUT2D eigenvalue weighted by Crippen LogP contribution is 2.32. The van der Waals surface area contributed by atoms with E-state index in [2.05, 4.69) is 20.3 Å². The third-order valence-electron chi connectivity index (χ3n) is 4.36. The minimum atomic E-state index is -0.429. The molecule has 0 saturated heterocycles. The molecule has 8 heteroatoms. The van der Waals surface area contributed by atoms with Crippen molar-refractivity contribution < 1.29 is 4.92 Å². The molecule has 0 atom stereocenters. The van der Waals surface area contributed by atoms with Crippen molar-refractivity contribution in [3.05, 3.63) is 47.0 Å². The van der Waals surface area contributed by atoms with E-state index in [0.29, 0.717) is 0 Å². The number of hydrogen-bond donors (Lipinski definition) is 1. The number of rotatable bonds is 4. The van der Waals surface area contributed by atoms with Gasteiger partial charge in [-0.1, -0.05) is 25.0 Å². The van der Waals surface area contributed by atoms with Gasteiger partial charge in [-0.2, -0.15) is 0 Å². The van der Waals surface area contributed by atoms with Crippen LogP contribution in [0.15, 0.2) is 36.9 Å². The van der Waals surface area contributed by atoms with Crippen LogP contribution in [0.5, 0.6) is 0 Å². The largest absolute Gasteiger partial charge is 0.361 e. The van der Waals surface area contributed by atoms with Gasteiger partial charge in [-0.05, 0) is 25.0 Å². The van der Waals surface area contributed by atoms with Crippen molar-refractivity contribution in [3.63, 3.8) is 0 Å². The second-order valence-corrected chi connectivity index (χ2v) is 5.88. The fourth-order valence-corrected chi connectivity index (χ4v) is 3.21. The van der Waals surface area contributed by atoms with Crippen LogP contribution in [0.1, 0.15) is 25.7 Å². The van der Waals surface area contributed by atoms with Crippen LogP contribution in [-0.4, -0.2) is 30.5 Å². The summed E-state index contributed by atoms with van der Waals surface area (Å²) < 4.78 is 1.63. The van der Waals surface area contributed by atoms with Gasteiger partial charge in [-0.25, -0.2) is 15.0 Å². The molecule has 2 heterocycles. The summed E-state index contributed by atoms with van der Waals surface area (Å²) >= 11 is 0. The molecule has 1 aliphatic carbocycles. The van der Waals surface area contributed by atoms with Crippen molar-refractivity contribution in [3.8, 4) is 5.82 Å². The quantitative estimate of drug-likeness (QED) is 0.585. The molecule has 1 aromatic carbocycles. The molecular weight excluding hydrogens is 308 g/mol. The molecule has 1 aliphatic rings. The Morgan fingerprint density at radius 2 is 1.96 bits per heavy atom. The second kappa shape index (κ2) is 5.88. The zero-order chi connectivity index (χ0) is 16.5. The molecule has 0 unspecified atom stereocenters. The summed E-state index contributed by atoms with van der Waals surface area (Å²) in [5.41, 5.74) is 1.41. The number of nitrogens with one attached hydrogen (secondary N) is 1. The normalized spacial score (nSPS) is 15.0. The molecule has 1 fully saturated rings. The molecule has 3 aromatic rings. The SMILES string of the molecule is O=[N+]([O-])c1c(NC2CCCC2)ncnc1-n1cnc2ccccc21. The van der Waals surface area contributed by atoms with Gasteiger partial charge in [-0.15, -0.1) is 0 Å². The van der Waals surface area contributed by atoms with Crippen LogP contribution in [0.2, 0.25) is 0 Å². The topological polar surface area (TPSA) is 98.8 Å². The first kappa shape index (κ1) is 14.6. The maximum absolute atomic E-state index is 11.7. The van der Waals surface area contributed by atoms with E-state index >= 15 is 0 Å². The highest BCUT2D eigenvalue weighted by atomic mass is 16.6. The second-order valence-electron chi connectivity index (χ2n) is 5.88. The van der Waals surface area contributed by atoms with Gasteiger partial charge in [0.2, 0.25) is 11.6 Å². The summed E-state index contributed by atoms with van der Waals surface area (Å²) in [5.74, 6) is 0.499. The lowest BCUT2D eigenvalue weighted by Gasteiger charge is -2.13. The number of para-hydroxylation sites is 2. The zero-order valence-corrected chi connectivity index (χ0v) is 12.9. The van der Waals surface area contributed by atoms with Crippen molar-refractivity contribution in [2.45, 2.75) is 31.7 Å². The summed E-state index contributed by atoms with van der Waals surface area (Å²) in [6, 6.07) is 7.69. The van der Waals surface area contributed by atoms with Crippen LogP contribution >= 0.6 is 0 Å². The first-order chi connectivity index (χ1) is 11.7. The Labute approximate surface area is 137 Å². The summed E-state index contributed by atoms with van der Waals surface area (Å²) in [4.78, 5) is 23.8. The van der Waals surface area contributed by atoms with Crippen LogP contribution in [0.3, 0.4) is 0 Å². The number of hydrogen-bond acceptors (Lipinski definition) is 6. The van der Waals surface area contributed by atoms with Crippen molar-refractivity contribution in [1.82, 2.24) is 19.5 Å². The average Bonchev–Trinajstić information content (AvgIpc) is 3.23. The van der Waals surface area contributed by atoms with E-state index in [0.717, 1.165) is 36.7 Å². The average molecular weight is 324 g/mol. The van der Waals surface area contributed by atoms with E-state index in [1.807, 2.05) is 24.3 Å². The molecule has 0 aliphatic heterocycles. The van der Waals surface area contributed by atoms with Crippen LogP contribution in [-0.2, 0) is 0 Å². The number of anilines is 1. The summed E-state index contributed by atoms with van der Waals surface area (Å²) in [6.45, 7) is 0. The van der Waals surface area contributed by atoms with Crippen LogP contribution in [0.25, 0.3) is 16.9 Å². The summed E-state index contributed by atoms with van der Waals surface area (Å²) in [7, 11) is 0. The molecule has 0 amide bonds. The van der Waals surface area contributed by atoms with Crippen molar-refractivity contribution >= 4 is 22.5 Å². The Morgan fingerprint density at radius 1 is 1.17 bits per heavy atom. The molecule has 1 saturated carbocycles. The van der Waals surface area contributed by atoms with Gasteiger partial charge in [0.1, 0.15) is 12.7 Å². The molecule has 0 radical (unpaired) electrons. The molecule has 122 valence electrons. The summed E-state index contributed by atoms with van der Waals surface area (Å²) in [6.07, 6.45) is 7.19. The Bertz CT molecular complexity index is 900. The lowest BCUT2D eigenvalue weighted by molar-refractivity contribution is -0.384. The lowest BCUT2D eigenvalue weighted by Crippen LogP contribution is -2.18. The highest BCUT2D eigenvalue weighted by Gasteiger charge is 2.27.